The Morgan fingerprint density at radius 1 is 1.08 bits per heavy atom. The third-order valence-corrected chi connectivity index (χ3v) is 5.00. The number of methoxy groups -OCH3 is 1. The summed E-state index contributed by atoms with van der Waals surface area (Å²) in [4.78, 5) is 23.5. The molecule has 0 bridgehead atoms. The topological polar surface area (TPSA) is 89.5 Å². The number of hydrogen-bond donors (Lipinski definition) is 1. The lowest BCUT2D eigenvalue weighted by atomic mass is 10.1. The Morgan fingerprint density at radius 2 is 1.68 bits per heavy atom. The molecule has 0 radical (unpaired) electrons. The Morgan fingerprint density at radius 3 is 2.24 bits per heavy atom. The van der Waals surface area contributed by atoms with Gasteiger partial charge in [-0.1, -0.05) is 23.7 Å². The van der Waals surface area contributed by atoms with Crippen LogP contribution in [0.3, 0.4) is 0 Å². The number of amides is 1. The van der Waals surface area contributed by atoms with Crippen molar-refractivity contribution in [2.45, 2.75) is 11.4 Å². The van der Waals surface area contributed by atoms with Crippen LogP contribution in [0, 0.1) is 0 Å². The van der Waals surface area contributed by atoms with Crippen molar-refractivity contribution in [2.24, 2.45) is 0 Å². The van der Waals surface area contributed by atoms with E-state index in [0.29, 0.717) is 5.56 Å². The van der Waals surface area contributed by atoms with E-state index >= 15 is 0 Å². The van der Waals surface area contributed by atoms with Crippen LogP contribution in [-0.2, 0) is 21.1 Å². The van der Waals surface area contributed by atoms with Crippen LogP contribution in [0.5, 0.6) is 0 Å². The number of sulfone groups is 1. The molecule has 6 nitrogen and oxygen atoms in total. The SMILES string of the molecule is COC(=O)c1ccc(CNC(=O)c2ccc(Cl)c(S(C)(=O)=O)c2)cc1. The maximum absolute atomic E-state index is 12.2. The number of esters is 1. The molecule has 0 fully saturated rings. The Labute approximate surface area is 150 Å². The second-order valence-electron chi connectivity index (χ2n) is 5.29. The van der Waals surface area contributed by atoms with Gasteiger partial charge in [0, 0.05) is 18.4 Å². The highest BCUT2D eigenvalue weighted by Crippen LogP contribution is 2.22. The Kier molecular flexibility index (Phi) is 5.81. The zero-order valence-electron chi connectivity index (χ0n) is 13.6. The van der Waals surface area contributed by atoms with Crippen molar-refractivity contribution in [3.05, 3.63) is 64.2 Å². The van der Waals surface area contributed by atoms with Gasteiger partial charge < -0.3 is 10.1 Å². The Balaban J connectivity index is 2.09. The molecule has 0 aliphatic rings. The fraction of sp³-hybridized carbons (Fsp3) is 0.176. The van der Waals surface area contributed by atoms with Crippen molar-refractivity contribution in [2.75, 3.05) is 13.4 Å². The van der Waals surface area contributed by atoms with Crippen LogP contribution in [0.1, 0.15) is 26.3 Å². The standard InChI is InChI=1S/C17H16ClNO5S/c1-24-17(21)12-5-3-11(4-6-12)10-19-16(20)13-7-8-14(18)15(9-13)25(2,22)23/h3-9H,10H2,1-2H3,(H,19,20). The monoisotopic (exact) mass is 381 g/mol. The third kappa shape index (κ3) is 4.80. The average Bonchev–Trinajstić information content (AvgIpc) is 2.58. The van der Waals surface area contributed by atoms with Crippen LogP contribution in [0.4, 0.5) is 0 Å². The molecule has 25 heavy (non-hydrogen) atoms. The van der Waals surface area contributed by atoms with Crippen LogP contribution in [0.2, 0.25) is 5.02 Å². The third-order valence-electron chi connectivity index (χ3n) is 3.42. The molecular formula is C17H16ClNO5S. The van der Waals surface area contributed by atoms with Gasteiger partial charge in [-0.25, -0.2) is 13.2 Å². The fourth-order valence-electron chi connectivity index (χ4n) is 2.09. The van der Waals surface area contributed by atoms with Gasteiger partial charge in [-0.3, -0.25) is 4.79 Å². The molecule has 2 aromatic carbocycles. The highest BCUT2D eigenvalue weighted by Gasteiger charge is 2.15. The molecule has 1 N–H and O–H groups in total. The van der Waals surface area contributed by atoms with Gasteiger partial charge in [-0.15, -0.1) is 0 Å². The van der Waals surface area contributed by atoms with Gasteiger partial charge in [0.05, 0.1) is 22.6 Å². The Bertz CT molecular complexity index is 907. The van der Waals surface area contributed by atoms with Crippen LogP contribution < -0.4 is 5.32 Å². The summed E-state index contributed by atoms with van der Waals surface area (Å²) in [5.74, 6) is -0.872. The number of hydrogen-bond acceptors (Lipinski definition) is 5. The van der Waals surface area contributed by atoms with E-state index in [9.17, 15) is 18.0 Å². The smallest absolute Gasteiger partial charge is 0.337 e. The van der Waals surface area contributed by atoms with E-state index in [1.807, 2.05) is 0 Å². The quantitative estimate of drug-likeness (QED) is 0.803. The average molecular weight is 382 g/mol. The largest absolute Gasteiger partial charge is 0.465 e. The van der Waals surface area contributed by atoms with E-state index < -0.39 is 21.7 Å². The first-order valence-corrected chi connectivity index (χ1v) is 9.44. The lowest BCUT2D eigenvalue weighted by Gasteiger charge is -2.08. The minimum Gasteiger partial charge on any atom is -0.465 e. The summed E-state index contributed by atoms with van der Waals surface area (Å²) < 4.78 is 27.9. The Hall–Kier alpha value is -2.38. The van der Waals surface area contributed by atoms with E-state index in [1.165, 1.54) is 25.3 Å². The predicted molar refractivity (Wildman–Crippen MR) is 93.5 cm³/mol. The molecule has 132 valence electrons. The molecule has 2 rings (SSSR count). The van der Waals surface area contributed by atoms with Gasteiger partial charge in [-0.2, -0.15) is 0 Å². The molecule has 2 aromatic rings. The lowest BCUT2D eigenvalue weighted by molar-refractivity contribution is 0.0600. The predicted octanol–water partition coefficient (Wildman–Crippen LogP) is 2.46. The number of ether oxygens (including phenoxy) is 1. The maximum Gasteiger partial charge on any atom is 0.337 e. The molecule has 0 aromatic heterocycles. The summed E-state index contributed by atoms with van der Waals surface area (Å²) in [6.07, 6.45) is 1.03. The van der Waals surface area contributed by atoms with Gasteiger partial charge >= 0.3 is 5.97 Å². The molecule has 1 amide bonds. The number of rotatable bonds is 5. The van der Waals surface area contributed by atoms with Gasteiger partial charge in [0.1, 0.15) is 0 Å². The number of nitrogens with one attached hydrogen (secondary N) is 1. The highest BCUT2D eigenvalue weighted by molar-refractivity contribution is 7.90. The molecule has 0 heterocycles. The molecule has 0 unspecified atom stereocenters. The molecule has 0 aliphatic heterocycles. The van der Waals surface area contributed by atoms with Crippen LogP contribution >= 0.6 is 11.6 Å². The number of carbonyl (C=O) groups is 2. The summed E-state index contributed by atoms with van der Waals surface area (Å²) in [6.45, 7) is 0.219. The van der Waals surface area contributed by atoms with E-state index in [4.69, 9.17) is 11.6 Å². The molecule has 8 heteroatoms. The molecule has 0 aliphatic carbocycles. The van der Waals surface area contributed by atoms with Gasteiger partial charge in [0.2, 0.25) is 0 Å². The minimum atomic E-state index is -3.53. The first-order chi connectivity index (χ1) is 11.7. The normalized spacial score (nSPS) is 11.0. The highest BCUT2D eigenvalue weighted by atomic mass is 35.5. The summed E-state index contributed by atoms with van der Waals surface area (Å²) >= 11 is 5.86. The number of halogens is 1. The van der Waals surface area contributed by atoms with Gasteiger partial charge in [-0.05, 0) is 35.9 Å². The molecule has 0 saturated heterocycles. The number of carbonyl (C=O) groups excluding carboxylic acids is 2. The fourth-order valence-corrected chi connectivity index (χ4v) is 3.39. The van der Waals surface area contributed by atoms with Crippen LogP contribution in [-0.4, -0.2) is 33.7 Å². The molecule has 0 spiro atoms. The molecule has 0 saturated carbocycles. The van der Waals surface area contributed by atoms with E-state index in [1.54, 1.807) is 24.3 Å². The van der Waals surface area contributed by atoms with Crippen molar-refractivity contribution < 1.29 is 22.7 Å². The summed E-state index contributed by atoms with van der Waals surface area (Å²) in [7, 11) is -2.23. The molecular weight excluding hydrogens is 366 g/mol. The zero-order chi connectivity index (χ0) is 18.6. The van der Waals surface area contributed by atoms with Crippen molar-refractivity contribution >= 4 is 33.3 Å². The second kappa shape index (κ2) is 7.67. The first kappa shape index (κ1) is 19.0. The van der Waals surface area contributed by atoms with Crippen molar-refractivity contribution in [3.8, 4) is 0 Å². The minimum absolute atomic E-state index is 0.0671. The van der Waals surface area contributed by atoms with E-state index in [0.717, 1.165) is 11.8 Å². The maximum atomic E-state index is 12.2. The number of benzene rings is 2. The van der Waals surface area contributed by atoms with Crippen molar-refractivity contribution in [1.29, 1.82) is 0 Å². The summed E-state index contributed by atoms with van der Waals surface area (Å²) in [5.41, 5.74) is 1.38. The first-order valence-electron chi connectivity index (χ1n) is 7.17. The summed E-state index contributed by atoms with van der Waals surface area (Å²) in [5, 5.41) is 2.75. The zero-order valence-corrected chi connectivity index (χ0v) is 15.1. The second-order valence-corrected chi connectivity index (χ2v) is 7.68. The summed E-state index contributed by atoms with van der Waals surface area (Å²) in [6, 6.07) is 10.6. The van der Waals surface area contributed by atoms with Gasteiger partial charge in [0.25, 0.3) is 5.91 Å². The van der Waals surface area contributed by atoms with Crippen LogP contribution in [0.15, 0.2) is 47.4 Å². The van der Waals surface area contributed by atoms with E-state index in [-0.39, 0.29) is 22.0 Å². The lowest BCUT2D eigenvalue weighted by Crippen LogP contribution is -2.23. The molecule has 0 atom stereocenters. The van der Waals surface area contributed by atoms with Crippen LogP contribution in [0.25, 0.3) is 0 Å². The van der Waals surface area contributed by atoms with Crippen molar-refractivity contribution in [3.63, 3.8) is 0 Å². The van der Waals surface area contributed by atoms with E-state index in [2.05, 4.69) is 10.1 Å². The van der Waals surface area contributed by atoms with Gasteiger partial charge in [0.15, 0.2) is 9.84 Å². The van der Waals surface area contributed by atoms with Crippen molar-refractivity contribution in [1.82, 2.24) is 5.32 Å².